The molecule has 12 heteroatoms. The van der Waals surface area contributed by atoms with Gasteiger partial charge in [-0.1, -0.05) is 0 Å². The van der Waals surface area contributed by atoms with Gasteiger partial charge in [-0.3, -0.25) is 4.79 Å². The van der Waals surface area contributed by atoms with E-state index in [-0.39, 0.29) is 17.7 Å². The lowest BCUT2D eigenvalue weighted by molar-refractivity contribution is 0.0694. The number of pyridine rings is 1. The van der Waals surface area contributed by atoms with Crippen molar-refractivity contribution in [3.05, 3.63) is 34.1 Å². The molecule has 206 valence electrons. The number of aryl methyl sites for hydroxylation is 1. The van der Waals surface area contributed by atoms with E-state index in [1.54, 1.807) is 34.3 Å². The molecule has 0 atom stereocenters. The summed E-state index contributed by atoms with van der Waals surface area (Å²) in [5.41, 5.74) is 1.55. The molecule has 4 rings (SSSR count). The number of carboxylic acids is 1. The largest absolute Gasteiger partial charge is 0.477 e. The molecule has 0 spiro atoms. The smallest absolute Gasteiger partial charge is 0.409 e. The van der Waals surface area contributed by atoms with Crippen LogP contribution >= 0.6 is 0 Å². The molecule has 2 amide bonds. The van der Waals surface area contributed by atoms with E-state index in [2.05, 4.69) is 9.80 Å². The highest BCUT2D eigenvalue weighted by Gasteiger charge is 2.29. The van der Waals surface area contributed by atoms with Gasteiger partial charge in [0.15, 0.2) is 0 Å². The van der Waals surface area contributed by atoms with Crippen LogP contribution in [0.2, 0.25) is 0 Å². The van der Waals surface area contributed by atoms with Crippen LogP contribution in [-0.4, -0.2) is 103 Å². The number of nitrogens with zero attached hydrogens (tertiary/aromatic N) is 5. The molecule has 2 aliphatic rings. The molecule has 3 heterocycles. The van der Waals surface area contributed by atoms with Crippen molar-refractivity contribution in [3.63, 3.8) is 0 Å². The number of fused-ring (bicyclic) bond motifs is 1. The number of anilines is 2. The van der Waals surface area contributed by atoms with Crippen molar-refractivity contribution in [3.8, 4) is 0 Å². The zero-order valence-electron chi connectivity index (χ0n) is 22.1. The number of aromatic nitrogens is 1. The van der Waals surface area contributed by atoms with Crippen LogP contribution in [0.3, 0.4) is 0 Å². The van der Waals surface area contributed by atoms with Gasteiger partial charge in [-0.15, -0.1) is 0 Å². The van der Waals surface area contributed by atoms with E-state index in [0.717, 1.165) is 11.4 Å². The van der Waals surface area contributed by atoms with E-state index in [4.69, 9.17) is 9.47 Å². The first-order valence-corrected chi connectivity index (χ1v) is 13.1. The SMILES string of the molecule is CCOC(=O)N1CCN(c2cc3c(=O)c(C(=O)O)cn(CC)c3cc2N2CCN(C(=O)OCC)CC2)CC1. The van der Waals surface area contributed by atoms with Crippen LogP contribution in [0.15, 0.2) is 23.1 Å². The number of carbonyl (C=O) groups is 3. The molecule has 38 heavy (non-hydrogen) atoms. The predicted molar refractivity (Wildman–Crippen MR) is 142 cm³/mol. The molecule has 2 saturated heterocycles. The van der Waals surface area contributed by atoms with Gasteiger partial charge < -0.3 is 38.7 Å². The second-order valence-corrected chi connectivity index (χ2v) is 9.17. The average Bonchev–Trinajstić information content (AvgIpc) is 2.93. The summed E-state index contributed by atoms with van der Waals surface area (Å²) < 4.78 is 12.1. The van der Waals surface area contributed by atoms with Crippen LogP contribution < -0.4 is 15.2 Å². The van der Waals surface area contributed by atoms with Gasteiger partial charge in [0.05, 0.1) is 30.1 Å². The third kappa shape index (κ3) is 5.34. The van der Waals surface area contributed by atoms with Gasteiger partial charge in [0.25, 0.3) is 0 Å². The number of hydrogen-bond acceptors (Lipinski definition) is 8. The predicted octanol–water partition coefficient (Wildman–Crippen LogP) is 2.28. The lowest BCUT2D eigenvalue weighted by atomic mass is 10.1. The van der Waals surface area contributed by atoms with Gasteiger partial charge >= 0.3 is 18.2 Å². The number of hydrogen-bond donors (Lipinski definition) is 1. The minimum atomic E-state index is -1.26. The fourth-order valence-electron chi connectivity index (χ4n) is 5.02. The standard InChI is InChI=1S/C26H35N5O7/c1-4-27-17-19(24(33)34)23(32)18-15-21(28-7-11-30(12-8-28)25(35)37-5-2)22(16-20(18)27)29-9-13-31(14-10-29)26(36)38-6-3/h15-17H,4-14H2,1-3H3,(H,33,34). The minimum absolute atomic E-state index is 0.270. The van der Waals surface area contributed by atoms with E-state index >= 15 is 0 Å². The maximum absolute atomic E-state index is 13.2. The van der Waals surface area contributed by atoms with Crippen molar-refractivity contribution in [2.75, 3.05) is 75.4 Å². The summed E-state index contributed by atoms with van der Waals surface area (Å²) >= 11 is 0. The van der Waals surface area contributed by atoms with Crippen molar-refractivity contribution >= 4 is 40.4 Å². The van der Waals surface area contributed by atoms with Crippen molar-refractivity contribution < 1.29 is 29.0 Å². The average molecular weight is 530 g/mol. The fourth-order valence-corrected chi connectivity index (χ4v) is 5.02. The highest BCUT2D eigenvalue weighted by molar-refractivity contribution is 5.96. The van der Waals surface area contributed by atoms with Crippen molar-refractivity contribution in [2.24, 2.45) is 0 Å². The normalized spacial score (nSPS) is 16.1. The molecule has 0 saturated carbocycles. The van der Waals surface area contributed by atoms with E-state index in [1.165, 1.54) is 6.20 Å². The Morgan fingerprint density at radius 1 is 0.789 bits per heavy atom. The molecule has 0 bridgehead atoms. The number of piperazine rings is 2. The fraction of sp³-hybridized carbons (Fsp3) is 0.538. The van der Waals surface area contributed by atoms with Crippen LogP contribution in [-0.2, 0) is 16.0 Å². The molecule has 2 fully saturated rings. The summed E-state index contributed by atoms with van der Waals surface area (Å²) in [6.07, 6.45) is 0.715. The quantitative estimate of drug-likeness (QED) is 0.600. The van der Waals surface area contributed by atoms with Gasteiger partial charge in [0.2, 0.25) is 5.43 Å². The molecule has 0 aliphatic carbocycles. The van der Waals surface area contributed by atoms with E-state index in [9.17, 15) is 24.3 Å². The van der Waals surface area contributed by atoms with Crippen LogP contribution in [0.5, 0.6) is 0 Å². The Balaban J connectivity index is 1.73. The van der Waals surface area contributed by atoms with Crippen LogP contribution in [0.25, 0.3) is 10.9 Å². The summed E-state index contributed by atoms with van der Waals surface area (Å²) in [6, 6.07) is 3.72. The molecule has 0 unspecified atom stereocenters. The number of amides is 2. The molecular formula is C26H35N5O7. The van der Waals surface area contributed by atoms with Gasteiger partial charge in [-0.2, -0.15) is 0 Å². The van der Waals surface area contributed by atoms with Crippen LogP contribution in [0.1, 0.15) is 31.1 Å². The number of benzene rings is 1. The highest BCUT2D eigenvalue weighted by atomic mass is 16.6. The van der Waals surface area contributed by atoms with Crippen molar-refractivity contribution in [2.45, 2.75) is 27.3 Å². The number of aromatic carboxylic acids is 1. The number of ether oxygens (including phenoxy) is 2. The van der Waals surface area contributed by atoms with Crippen molar-refractivity contribution in [1.82, 2.24) is 14.4 Å². The first-order chi connectivity index (χ1) is 18.3. The summed E-state index contributed by atoms with van der Waals surface area (Å²) in [4.78, 5) is 57.1. The summed E-state index contributed by atoms with van der Waals surface area (Å²) in [6.45, 7) is 10.7. The Labute approximate surface area is 220 Å². The third-order valence-electron chi connectivity index (χ3n) is 7.04. The Hall–Kier alpha value is -3.96. The second-order valence-electron chi connectivity index (χ2n) is 9.17. The lowest BCUT2D eigenvalue weighted by Gasteiger charge is -2.40. The first kappa shape index (κ1) is 27.1. The molecule has 0 radical (unpaired) electrons. The zero-order chi connectivity index (χ0) is 27.4. The molecule has 2 aromatic rings. The molecule has 1 aromatic heterocycles. The van der Waals surface area contributed by atoms with Gasteiger partial charge in [-0.25, -0.2) is 14.4 Å². The Bertz CT molecular complexity index is 1260. The van der Waals surface area contributed by atoms with Crippen LogP contribution in [0.4, 0.5) is 21.0 Å². The van der Waals surface area contributed by atoms with Crippen LogP contribution in [0, 0.1) is 0 Å². The molecule has 1 N–H and O–H groups in total. The first-order valence-electron chi connectivity index (χ1n) is 13.1. The summed E-state index contributed by atoms with van der Waals surface area (Å²) in [5, 5.41) is 9.97. The minimum Gasteiger partial charge on any atom is -0.477 e. The second kappa shape index (κ2) is 11.6. The summed E-state index contributed by atoms with van der Waals surface area (Å²) in [7, 11) is 0. The number of carboxylic acid groups (broad SMARTS) is 1. The monoisotopic (exact) mass is 529 g/mol. The molecule has 12 nitrogen and oxygen atoms in total. The maximum Gasteiger partial charge on any atom is 0.409 e. The van der Waals surface area contributed by atoms with Gasteiger partial charge in [0, 0.05) is 70.5 Å². The highest BCUT2D eigenvalue weighted by Crippen LogP contribution is 2.35. The third-order valence-corrected chi connectivity index (χ3v) is 7.04. The lowest BCUT2D eigenvalue weighted by Crippen LogP contribution is -2.51. The number of carbonyl (C=O) groups excluding carboxylic acids is 2. The summed E-state index contributed by atoms with van der Waals surface area (Å²) in [5.74, 6) is -1.26. The molecular weight excluding hydrogens is 494 g/mol. The Morgan fingerprint density at radius 3 is 1.68 bits per heavy atom. The van der Waals surface area contributed by atoms with Crippen molar-refractivity contribution in [1.29, 1.82) is 0 Å². The maximum atomic E-state index is 13.2. The zero-order valence-corrected chi connectivity index (χ0v) is 22.1. The van der Waals surface area contributed by atoms with E-state index in [0.29, 0.717) is 83.0 Å². The number of rotatable bonds is 6. The van der Waals surface area contributed by atoms with E-state index < -0.39 is 11.4 Å². The topological polar surface area (TPSA) is 125 Å². The van der Waals surface area contributed by atoms with E-state index in [1.807, 2.05) is 13.0 Å². The molecule has 1 aromatic carbocycles. The van der Waals surface area contributed by atoms with Gasteiger partial charge in [0.1, 0.15) is 5.56 Å². The Morgan fingerprint density at radius 2 is 1.26 bits per heavy atom. The molecule has 2 aliphatic heterocycles. The van der Waals surface area contributed by atoms with Gasteiger partial charge in [-0.05, 0) is 32.9 Å². The Kier molecular flexibility index (Phi) is 8.28.